The second kappa shape index (κ2) is 4.65. The normalized spacial score (nSPS) is 10.3. The molecule has 1 heterocycles. The van der Waals surface area contributed by atoms with Crippen LogP contribution in [0.3, 0.4) is 0 Å². The van der Waals surface area contributed by atoms with E-state index in [-0.39, 0.29) is 0 Å². The third-order valence-corrected chi connectivity index (χ3v) is 3.25. The number of halogens is 3. The second-order valence-electron chi connectivity index (χ2n) is 2.50. The summed E-state index contributed by atoms with van der Waals surface area (Å²) in [4.78, 5) is 0. The quantitative estimate of drug-likeness (QED) is 0.820. The van der Waals surface area contributed by atoms with Crippen LogP contribution < -0.4 is 4.74 Å². The third-order valence-electron chi connectivity index (χ3n) is 1.47. The van der Waals surface area contributed by atoms with Crippen molar-refractivity contribution in [3.8, 4) is 10.9 Å². The van der Waals surface area contributed by atoms with Gasteiger partial charge in [-0.25, -0.2) is 0 Å². The van der Waals surface area contributed by atoms with Crippen LogP contribution in [-0.4, -0.2) is 10.2 Å². The Labute approximate surface area is 108 Å². The molecule has 0 saturated carbocycles. The lowest BCUT2D eigenvalue weighted by Gasteiger charge is -2.03. The molecular formula is C8H3BrCl2N2OS. The van der Waals surface area contributed by atoms with Crippen molar-refractivity contribution >= 4 is 50.5 Å². The van der Waals surface area contributed by atoms with E-state index in [4.69, 9.17) is 27.9 Å². The fraction of sp³-hybridized carbons (Fsp3) is 0. The molecule has 2 aromatic rings. The van der Waals surface area contributed by atoms with Crippen molar-refractivity contribution in [2.24, 2.45) is 0 Å². The molecule has 15 heavy (non-hydrogen) atoms. The lowest BCUT2D eigenvalue weighted by Crippen LogP contribution is -1.84. The lowest BCUT2D eigenvalue weighted by molar-refractivity contribution is 0.473. The predicted molar refractivity (Wildman–Crippen MR) is 64.1 cm³/mol. The van der Waals surface area contributed by atoms with Crippen molar-refractivity contribution in [1.29, 1.82) is 0 Å². The Hall–Kier alpha value is -0.360. The van der Waals surface area contributed by atoms with Gasteiger partial charge >= 0.3 is 0 Å². The molecule has 0 bridgehead atoms. The third kappa shape index (κ3) is 2.81. The highest BCUT2D eigenvalue weighted by molar-refractivity contribution is 9.11. The summed E-state index contributed by atoms with van der Waals surface area (Å²) in [6, 6.07) is 4.97. The Morgan fingerprint density at radius 2 is 2.07 bits per heavy atom. The molecule has 3 nitrogen and oxygen atoms in total. The molecule has 0 spiro atoms. The molecule has 1 aromatic carbocycles. The summed E-state index contributed by atoms with van der Waals surface area (Å²) < 4.78 is 6.06. The monoisotopic (exact) mass is 324 g/mol. The molecule has 0 saturated heterocycles. The first-order chi connectivity index (χ1) is 7.15. The molecule has 0 atom stereocenters. The van der Waals surface area contributed by atoms with Gasteiger partial charge in [-0.05, 0) is 39.4 Å². The molecule has 0 unspecified atom stereocenters. The van der Waals surface area contributed by atoms with E-state index in [0.29, 0.717) is 24.9 Å². The largest absolute Gasteiger partial charge is 0.428 e. The lowest BCUT2D eigenvalue weighted by atomic mass is 10.3. The predicted octanol–water partition coefficient (Wildman–Crippen LogP) is 4.40. The molecule has 7 heteroatoms. The van der Waals surface area contributed by atoms with Crippen molar-refractivity contribution in [2.45, 2.75) is 0 Å². The summed E-state index contributed by atoms with van der Waals surface area (Å²) >= 11 is 16.2. The summed E-state index contributed by atoms with van der Waals surface area (Å²) in [5.74, 6) is 0.466. The van der Waals surface area contributed by atoms with Crippen LogP contribution in [0.5, 0.6) is 10.9 Å². The van der Waals surface area contributed by atoms with Crippen LogP contribution in [0.25, 0.3) is 0 Å². The van der Waals surface area contributed by atoms with Crippen molar-refractivity contribution in [2.75, 3.05) is 0 Å². The zero-order chi connectivity index (χ0) is 10.8. The number of hydrogen-bond donors (Lipinski definition) is 0. The van der Waals surface area contributed by atoms with Gasteiger partial charge in [0.05, 0.1) is 5.02 Å². The number of rotatable bonds is 2. The minimum Gasteiger partial charge on any atom is -0.428 e. The van der Waals surface area contributed by atoms with E-state index in [1.807, 2.05) is 0 Å². The van der Waals surface area contributed by atoms with Crippen molar-refractivity contribution in [1.82, 2.24) is 10.2 Å². The van der Waals surface area contributed by atoms with E-state index in [1.54, 1.807) is 18.2 Å². The van der Waals surface area contributed by atoms with Gasteiger partial charge in [-0.15, -0.1) is 5.10 Å². The maximum Gasteiger partial charge on any atom is 0.300 e. The summed E-state index contributed by atoms with van der Waals surface area (Å²) in [6.07, 6.45) is 0. The fourth-order valence-electron chi connectivity index (χ4n) is 0.884. The highest BCUT2D eigenvalue weighted by Gasteiger charge is 2.07. The average molecular weight is 326 g/mol. The number of hydrogen-bond acceptors (Lipinski definition) is 4. The van der Waals surface area contributed by atoms with Gasteiger partial charge in [0.25, 0.3) is 5.19 Å². The Morgan fingerprint density at radius 3 is 2.73 bits per heavy atom. The fourth-order valence-corrected chi connectivity index (χ4v) is 2.14. The first-order valence-electron chi connectivity index (χ1n) is 3.77. The van der Waals surface area contributed by atoms with Crippen LogP contribution in [0.4, 0.5) is 0 Å². The Morgan fingerprint density at radius 1 is 1.27 bits per heavy atom. The van der Waals surface area contributed by atoms with Gasteiger partial charge in [-0.2, -0.15) is 0 Å². The van der Waals surface area contributed by atoms with Gasteiger partial charge in [0, 0.05) is 11.1 Å². The van der Waals surface area contributed by atoms with Crippen molar-refractivity contribution < 1.29 is 4.74 Å². The van der Waals surface area contributed by atoms with Crippen LogP contribution in [-0.2, 0) is 0 Å². The molecule has 78 valence electrons. The number of aromatic nitrogens is 2. The number of benzene rings is 1. The van der Waals surface area contributed by atoms with Crippen LogP contribution >= 0.6 is 50.5 Å². The Bertz CT molecular complexity index is 491. The first kappa shape index (κ1) is 11.1. The standard InChI is InChI=1S/C8H3BrCl2N2OS/c9-7-12-13-8(15-7)14-6-3-4(10)1-2-5(6)11/h1-3H. The maximum absolute atomic E-state index is 5.91. The first-order valence-corrected chi connectivity index (χ1v) is 6.13. The van der Waals surface area contributed by atoms with Gasteiger partial charge < -0.3 is 4.74 Å². The zero-order valence-corrected chi connectivity index (χ0v) is 11.0. The number of nitrogens with zero attached hydrogens (tertiary/aromatic N) is 2. The van der Waals surface area contributed by atoms with Crippen molar-refractivity contribution in [3.05, 3.63) is 32.2 Å². The van der Waals surface area contributed by atoms with Gasteiger partial charge in [0.2, 0.25) is 0 Å². The molecule has 2 rings (SSSR count). The molecule has 0 aliphatic carbocycles. The summed E-state index contributed by atoms with van der Waals surface area (Å²) in [7, 11) is 0. The zero-order valence-electron chi connectivity index (χ0n) is 7.08. The molecule has 0 amide bonds. The van der Waals surface area contributed by atoms with Crippen LogP contribution in [0.15, 0.2) is 22.1 Å². The van der Waals surface area contributed by atoms with E-state index in [1.165, 1.54) is 11.3 Å². The van der Waals surface area contributed by atoms with Gasteiger partial charge in [-0.3, -0.25) is 0 Å². The summed E-state index contributed by atoms with van der Waals surface area (Å²) in [5.41, 5.74) is 0. The number of ether oxygens (including phenoxy) is 1. The maximum atomic E-state index is 5.91. The Balaban J connectivity index is 2.27. The molecule has 1 aromatic heterocycles. The average Bonchev–Trinajstić information content (AvgIpc) is 2.58. The molecular weight excluding hydrogens is 323 g/mol. The van der Waals surface area contributed by atoms with E-state index < -0.39 is 0 Å². The van der Waals surface area contributed by atoms with Crippen LogP contribution in [0.2, 0.25) is 10.0 Å². The minimum atomic E-state index is 0.408. The smallest absolute Gasteiger partial charge is 0.300 e. The minimum absolute atomic E-state index is 0.408. The highest BCUT2D eigenvalue weighted by Crippen LogP contribution is 2.33. The van der Waals surface area contributed by atoms with E-state index in [0.717, 1.165) is 0 Å². The van der Waals surface area contributed by atoms with E-state index in [2.05, 4.69) is 26.1 Å². The van der Waals surface area contributed by atoms with Crippen LogP contribution in [0.1, 0.15) is 0 Å². The molecule has 0 aliphatic rings. The molecule has 0 N–H and O–H groups in total. The van der Waals surface area contributed by atoms with Crippen molar-refractivity contribution in [3.63, 3.8) is 0 Å². The Kier molecular flexibility index (Phi) is 3.45. The summed E-state index contributed by atoms with van der Waals surface area (Å²) in [6.45, 7) is 0. The van der Waals surface area contributed by atoms with E-state index in [9.17, 15) is 0 Å². The highest BCUT2D eigenvalue weighted by atomic mass is 79.9. The molecule has 0 aliphatic heterocycles. The molecule has 0 fully saturated rings. The van der Waals surface area contributed by atoms with Gasteiger partial charge in [0.1, 0.15) is 5.75 Å². The topological polar surface area (TPSA) is 35.0 Å². The summed E-state index contributed by atoms with van der Waals surface area (Å²) in [5, 5.41) is 8.97. The molecule has 0 radical (unpaired) electrons. The van der Waals surface area contributed by atoms with Gasteiger partial charge in [-0.1, -0.05) is 28.3 Å². The van der Waals surface area contributed by atoms with Crippen LogP contribution in [0, 0.1) is 0 Å². The van der Waals surface area contributed by atoms with E-state index >= 15 is 0 Å². The second-order valence-corrected chi connectivity index (χ2v) is 5.56. The SMILES string of the molecule is Clc1ccc(Cl)c(Oc2nnc(Br)s2)c1. The van der Waals surface area contributed by atoms with Gasteiger partial charge in [0.15, 0.2) is 3.92 Å².